The Morgan fingerprint density at radius 2 is 0.966 bits per heavy atom. The van der Waals surface area contributed by atoms with Gasteiger partial charge in [0.05, 0.1) is 27.7 Å². The number of allylic oxidation sites excluding steroid dienone is 8. The van der Waals surface area contributed by atoms with Crippen molar-refractivity contribution in [2.24, 2.45) is 0 Å². The Labute approximate surface area is 363 Å². The van der Waals surface area contributed by atoms with Gasteiger partial charge in [0.25, 0.3) is 0 Å². The third-order valence-electron chi connectivity index (χ3n) is 10.1. The van der Waals surface area contributed by atoms with Gasteiger partial charge in [-0.25, -0.2) is 4.57 Å². The predicted octanol–water partition coefficient (Wildman–Crippen LogP) is 13.9. The summed E-state index contributed by atoms with van der Waals surface area (Å²) in [7, 11) is 1.43. The molecule has 0 heterocycles. The Balaban J connectivity index is 4.26. The van der Waals surface area contributed by atoms with Gasteiger partial charge in [0.1, 0.15) is 19.8 Å². The molecule has 0 aliphatic carbocycles. The van der Waals surface area contributed by atoms with Crippen LogP contribution >= 0.6 is 7.82 Å². The zero-order chi connectivity index (χ0) is 43.6. The molecular formula is C49H91NO8P+. The predicted molar refractivity (Wildman–Crippen MR) is 247 cm³/mol. The van der Waals surface area contributed by atoms with Gasteiger partial charge in [-0.05, 0) is 38.5 Å². The Bertz CT molecular complexity index is 1150. The number of esters is 2. The lowest BCUT2D eigenvalue weighted by molar-refractivity contribution is -0.870. The Morgan fingerprint density at radius 1 is 0.542 bits per heavy atom. The fraction of sp³-hybridized carbons (Fsp3) is 0.796. The van der Waals surface area contributed by atoms with Crippen molar-refractivity contribution in [3.05, 3.63) is 48.6 Å². The molecule has 0 aliphatic rings. The highest BCUT2D eigenvalue weighted by Crippen LogP contribution is 2.43. The van der Waals surface area contributed by atoms with Gasteiger partial charge >= 0.3 is 19.8 Å². The first kappa shape index (κ1) is 57.0. The number of hydrogen-bond donors (Lipinski definition) is 1. The second-order valence-electron chi connectivity index (χ2n) is 17.1. The second-order valence-corrected chi connectivity index (χ2v) is 18.6. The lowest BCUT2D eigenvalue weighted by Crippen LogP contribution is -2.37. The van der Waals surface area contributed by atoms with Gasteiger partial charge in [-0.2, -0.15) is 0 Å². The van der Waals surface area contributed by atoms with Crippen molar-refractivity contribution in [3.63, 3.8) is 0 Å². The highest BCUT2D eigenvalue weighted by molar-refractivity contribution is 7.47. The summed E-state index contributed by atoms with van der Waals surface area (Å²) < 4.78 is 34.2. The molecule has 1 N–H and O–H groups in total. The summed E-state index contributed by atoms with van der Waals surface area (Å²) in [4.78, 5) is 35.4. The van der Waals surface area contributed by atoms with Crippen LogP contribution in [0.5, 0.6) is 0 Å². The van der Waals surface area contributed by atoms with Crippen LogP contribution in [0.2, 0.25) is 0 Å². The number of likely N-dealkylation sites (N-methyl/N-ethyl adjacent to an activating group) is 1. The first-order valence-corrected chi connectivity index (χ1v) is 25.4. The number of hydrogen-bond acceptors (Lipinski definition) is 7. The molecule has 0 rings (SSSR count). The van der Waals surface area contributed by atoms with E-state index in [1.54, 1.807) is 0 Å². The second kappa shape index (κ2) is 41.3. The van der Waals surface area contributed by atoms with Crippen LogP contribution in [0, 0.1) is 0 Å². The third kappa shape index (κ3) is 45.3. The smallest absolute Gasteiger partial charge is 0.462 e. The van der Waals surface area contributed by atoms with Gasteiger partial charge < -0.3 is 18.9 Å². The van der Waals surface area contributed by atoms with E-state index in [2.05, 4.69) is 50.3 Å². The summed E-state index contributed by atoms with van der Waals surface area (Å²) in [6.07, 6.45) is 49.1. The average Bonchev–Trinajstić information content (AvgIpc) is 3.19. The number of phosphoric ester groups is 1. The molecule has 59 heavy (non-hydrogen) atoms. The lowest BCUT2D eigenvalue weighted by Gasteiger charge is -2.24. The van der Waals surface area contributed by atoms with E-state index in [-0.39, 0.29) is 32.0 Å². The maximum absolute atomic E-state index is 12.6. The Kier molecular flexibility index (Phi) is 39.9. The van der Waals surface area contributed by atoms with Crippen LogP contribution in [0.1, 0.15) is 200 Å². The van der Waals surface area contributed by atoms with Crippen molar-refractivity contribution >= 4 is 19.8 Å². The zero-order valence-corrected chi connectivity index (χ0v) is 39.6. The Hall–Kier alpha value is -2.03. The van der Waals surface area contributed by atoms with E-state index < -0.39 is 26.5 Å². The molecule has 0 aromatic carbocycles. The number of unbranched alkanes of at least 4 members (excludes halogenated alkanes) is 21. The molecule has 9 nitrogen and oxygen atoms in total. The lowest BCUT2D eigenvalue weighted by atomic mass is 10.0. The number of nitrogens with zero attached hydrogens (tertiary/aromatic N) is 1. The van der Waals surface area contributed by atoms with E-state index in [0.717, 1.165) is 44.9 Å². The first-order chi connectivity index (χ1) is 28.5. The van der Waals surface area contributed by atoms with Crippen molar-refractivity contribution in [1.29, 1.82) is 0 Å². The number of phosphoric acid groups is 1. The topological polar surface area (TPSA) is 108 Å². The van der Waals surface area contributed by atoms with Crippen LogP contribution in [0.15, 0.2) is 48.6 Å². The molecule has 0 aromatic rings. The molecule has 0 spiro atoms. The SMILES string of the molecule is CC/C=C\C/C=C\C/C=C\C/C=C\CCC(=O)OC(COC(=O)CCCCCCCCCCCCCCCCCCCCCCCC)COP(=O)(O)OCC[N+](C)(C)C. The normalized spacial score (nSPS) is 13.9. The molecule has 0 saturated carbocycles. The quantitative estimate of drug-likeness (QED) is 0.0212. The van der Waals surface area contributed by atoms with Crippen LogP contribution in [0.3, 0.4) is 0 Å². The summed E-state index contributed by atoms with van der Waals surface area (Å²) in [5.74, 6) is -0.888. The van der Waals surface area contributed by atoms with Gasteiger partial charge in [-0.15, -0.1) is 0 Å². The zero-order valence-electron chi connectivity index (χ0n) is 38.7. The molecule has 0 aliphatic heterocycles. The van der Waals surface area contributed by atoms with Crippen LogP contribution in [0.25, 0.3) is 0 Å². The monoisotopic (exact) mass is 853 g/mol. The number of quaternary nitrogens is 1. The fourth-order valence-electron chi connectivity index (χ4n) is 6.44. The fourth-order valence-corrected chi connectivity index (χ4v) is 7.18. The van der Waals surface area contributed by atoms with Crippen LogP contribution in [0.4, 0.5) is 0 Å². The minimum absolute atomic E-state index is 0.0190. The van der Waals surface area contributed by atoms with E-state index in [1.165, 1.54) is 122 Å². The molecular weight excluding hydrogens is 762 g/mol. The van der Waals surface area contributed by atoms with E-state index in [1.807, 2.05) is 33.3 Å². The van der Waals surface area contributed by atoms with Gasteiger partial charge in [0, 0.05) is 12.8 Å². The summed E-state index contributed by atoms with van der Waals surface area (Å²) in [5.41, 5.74) is 0. The molecule has 344 valence electrons. The summed E-state index contributed by atoms with van der Waals surface area (Å²) >= 11 is 0. The van der Waals surface area contributed by atoms with E-state index in [9.17, 15) is 19.0 Å². The van der Waals surface area contributed by atoms with Gasteiger partial charge in [-0.3, -0.25) is 18.6 Å². The van der Waals surface area contributed by atoms with Crippen LogP contribution < -0.4 is 0 Å². The largest absolute Gasteiger partial charge is 0.472 e. The molecule has 0 bridgehead atoms. The highest BCUT2D eigenvalue weighted by Gasteiger charge is 2.27. The molecule has 2 unspecified atom stereocenters. The van der Waals surface area contributed by atoms with Gasteiger partial charge in [0.2, 0.25) is 0 Å². The average molecular weight is 853 g/mol. The number of carbonyl (C=O) groups is 2. The number of carbonyl (C=O) groups excluding carboxylic acids is 2. The summed E-state index contributed by atoms with van der Waals surface area (Å²) in [6.45, 7) is 4.24. The maximum atomic E-state index is 12.6. The number of rotatable bonds is 43. The van der Waals surface area contributed by atoms with E-state index in [4.69, 9.17) is 18.5 Å². The van der Waals surface area contributed by atoms with E-state index >= 15 is 0 Å². The van der Waals surface area contributed by atoms with Crippen molar-refractivity contribution in [2.75, 3.05) is 47.5 Å². The summed E-state index contributed by atoms with van der Waals surface area (Å²) in [5, 5.41) is 0. The van der Waals surface area contributed by atoms with Crippen molar-refractivity contribution in [3.8, 4) is 0 Å². The third-order valence-corrected chi connectivity index (χ3v) is 11.1. The molecule has 0 saturated heterocycles. The van der Waals surface area contributed by atoms with Gasteiger partial charge in [0.15, 0.2) is 6.10 Å². The van der Waals surface area contributed by atoms with Crippen LogP contribution in [-0.2, 0) is 32.7 Å². The standard InChI is InChI=1S/C49H90NO8P/c1-6-8-10-12-14-16-18-20-21-22-23-24-25-26-27-28-30-31-33-35-37-39-41-48(51)55-45-47(46-57-59(53,54)56-44-43-50(3,4)5)58-49(52)42-40-38-36-34-32-29-19-17-15-13-11-9-7-2/h9,11,15,17,29,32,36,38,47H,6-8,10,12-14,16,18-28,30-31,33-35,37,39-46H2,1-5H3/p+1/b11-9-,17-15-,32-29-,38-36-. The van der Waals surface area contributed by atoms with Gasteiger partial charge in [-0.1, -0.05) is 197 Å². The van der Waals surface area contributed by atoms with Crippen molar-refractivity contribution < 1.29 is 42.1 Å². The van der Waals surface area contributed by atoms with Crippen molar-refractivity contribution in [1.82, 2.24) is 0 Å². The minimum atomic E-state index is -4.39. The van der Waals surface area contributed by atoms with Crippen LogP contribution in [-0.4, -0.2) is 74.9 Å². The highest BCUT2D eigenvalue weighted by atomic mass is 31.2. The molecule has 0 aromatic heterocycles. The Morgan fingerprint density at radius 3 is 1.41 bits per heavy atom. The molecule has 10 heteroatoms. The van der Waals surface area contributed by atoms with Crippen molar-refractivity contribution in [2.45, 2.75) is 206 Å². The molecule has 0 radical (unpaired) electrons. The number of ether oxygens (including phenoxy) is 2. The molecule has 2 atom stereocenters. The first-order valence-electron chi connectivity index (χ1n) is 23.9. The van der Waals surface area contributed by atoms with E-state index in [0.29, 0.717) is 17.4 Å². The molecule has 0 amide bonds. The maximum Gasteiger partial charge on any atom is 0.472 e. The minimum Gasteiger partial charge on any atom is -0.462 e. The molecule has 0 fully saturated rings. The summed E-state index contributed by atoms with van der Waals surface area (Å²) in [6, 6.07) is 0.